The normalized spacial score (nSPS) is 23.2. The number of rotatable bonds is 3. The van der Waals surface area contributed by atoms with Crippen LogP contribution in [0.5, 0.6) is 5.75 Å². The maximum absolute atomic E-state index is 6.71. The van der Waals surface area contributed by atoms with Gasteiger partial charge in [-0.3, -0.25) is 0 Å². The molecule has 1 aromatic heterocycles. The van der Waals surface area contributed by atoms with Crippen LogP contribution in [0.2, 0.25) is 0 Å². The molecule has 7 aliphatic rings. The molecule has 2 nitrogen and oxygen atoms in total. The third-order valence-electron chi connectivity index (χ3n) is 13.7. The van der Waals surface area contributed by atoms with E-state index in [0.29, 0.717) is 5.92 Å². The zero-order valence-electron chi connectivity index (χ0n) is 30.8. The average molecular weight is 709 g/mol. The molecule has 1 saturated carbocycles. The monoisotopic (exact) mass is 708 g/mol. The van der Waals surface area contributed by atoms with Crippen molar-refractivity contribution in [2.75, 3.05) is 0 Å². The Morgan fingerprint density at radius 3 is 2.45 bits per heavy atom. The van der Waals surface area contributed by atoms with E-state index in [9.17, 15) is 0 Å². The van der Waals surface area contributed by atoms with Crippen molar-refractivity contribution in [3.05, 3.63) is 171 Å². The molecule has 4 unspecified atom stereocenters. The summed E-state index contributed by atoms with van der Waals surface area (Å²) >= 11 is 0. The van der Waals surface area contributed by atoms with Crippen molar-refractivity contribution >= 4 is 57.2 Å². The van der Waals surface area contributed by atoms with Gasteiger partial charge in [-0.1, -0.05) is 97.1 Å². The number of allylic oxidation sites excluding steroid dienone is 6. The molecule has 0 radical (unpaired) electrons. The largest absolute Gasteiger partial charge is 0.481 e. The molecule has 0 N–H and O–H groups in total. The van der Waals surface area contributed by atoms with Gasteiger partial charge in [0.2, 0.25) is 0 Å². The van der Waals surface area contributed by atoms with Gasteiger partial charge in [-0.2, -0.15) is 0 Å². The van der Waals surface area contributed by atoms with Gasteiger partial charge in [0.25, 0.3) is 0 Å². The lowest BCUT2D eigenvalue weighted by Gasteiger charge is -2.24. The van der Waals surface area contributed by atoms with Crippen molar-refractivity contribution in [1.29, 1.82) is 0 Å². The van der Waals surface area contributed by atoms with Crippen LogP contribution in [0.1, 0.15) is 98.9 Å². The van der Waals surface area contributed by atoms with E-state index in [1.54, 1.807) is 11.1 Å². The molecule has 2 heteroatoms. The number of hydrogen-bond donors (Lipinski definition) is 0. The first kappa shape index (κ1) is 30.5. The highest BCUT2D eigenvalue weighted by molar-refractivity contribution is 6.01. The number of fused-ring (bicyclic) bond motifs is 14. The van der Waals surface area contributed by atoms with Gasteiger partial charge in [0.1, 0.15) is 11.9 Å². The molecule has 55 heavy (non-hydrogen) atoms. The van der Waals surface area contributed by atoms with Crippen molar-refractivity contribution in [3.63, 3.8) is 0 Å². The Balaban J connectivity index is 0.842. The maximum atomic E-state index is 6.71. The fourth-order valence-electron chi connectivity index (χ4n) is 10.7. The predicted octanol–water partition coefficient (Wildman–Crippen LogP) is 13.3. The summed E-state index contributed by atoms with van der Waals surface area (Å²) in [6.07, 6.45) is 31.2. The molecule has 1 fully saturated rings. The topological polar surface area (TPSA) is 22.4 Å². The second kappa shape index (κ2) is 11.3. The zero-order chi connectivity index (χ0) is 35.8. The summed E-state index contributed by atoms with van der Waals surface area (Å²) in [5.41, 5.74) is 20.1. The number of hydrogen-bond acceptors (Lipinski definition) is 2. The molecule has 0 bridgehead atoms. The van der Waals surface area contributed by atoms with Gasteiger partial charge in [-0.25, -0.2) is 0 Å². The van der Waals surface area contributed by atoms with Crippen LogP contribution in [0.15, 0.2) is 114 Å². The maximum Gasteiger partial charge on any atom is 0.177 e. The Hall–Kier alpha value is -5.86. The standard InChI is InChI=1S/C53H40O2/c1-2-6-40-36(5-1)28-46(42-8-4-3-7-41(40)42)37-15-10-30-9-13-32(23-39(30)24-37)34-17-21-50-48(26-34)43-19-20-44-49-27-35(18-22-51(49)55-53(44)52(43)54-50)33-14-11-31-12-16-38-29-47(38)45(31)25-33/h1,4-5,8-16,18-20,22-28,38,47,49,51H,2-3,6-7,17,21,29H2. The first-order chi connectivity index (χ1) is 27.2. The second-order valence-corrected chi connectivity index (χ2v) is 16.8. The van der Waals surface area contributed by atoms with Crippen LogP contribution in [0.3, 0.4) is 0 Å². The smallest absolute Gasteiger partial charge is 0.177 e. The molecule has 6 aliphatic carbocycles. The van der Waals surface area contributed by atoms with E-state index in [2.05, 4.69) is 134 Å². The van der Waals surface area contributed by atoms with E-state index in [1.165, 1.54) is 84.0 Å². The molecule has 13 rings (SSSR count). The minimum absolute atomic E-state index is 0.00672. The SMILES string of the molecule is C1=Cc2cc(-c3ccc4ccc(C5=Cc6c(oc7c8c(ccc67)C6C=C(c7ccc9c(c7)C7CC7C=C9)C=CC6O8)CC5)cc4c3)c3c(c2CC1)CCC=C3. The van der Waals surface area contributed by atoms with Gasteiger partial charge in [0.05, 0.1) is 0 Å². The van der Waals surface area contributed by atoms with Crippen molar-refractivity contribution in [3.8, 4) is 16.9 Å². The lowest BCUT2D eigenvalue weighted by Crippen LogP contribution is -2.17. The summed E-state index contributed by atoms with van der Waals surface area (Å²) < 4.78 is 13.4. The Labute approximate surface area is 321 Å². The lowest BCUT2D eigenvalue weighted by molar-refractivity contribution is 0.268. The Bertz CT molecular complexity index is 2900. The van der Waals surface area contributed by atoms with Crippen LogP contribution in [0, 0.1) is 5.92 Å². The Morgan fingerprint density at radius 1 is 0.618 bits per heavy atom. The van der Waals surface area contributed by atoms with Crippen LogP contribution in [0.25, 0.3) is 68.3 Å². The first-order valence-electron chi connectivity index (χ1n) is 20.4. The quantitative estimate of drug-likeness (QED) is 0.183. The lowest BCUT2D eigenvalue weighted by atomic mass is 9.81. The second-order valence-electron chi connectivity index (χ2n) is 16.8. The van der Waals surface area contributed by atoms with Crippen LogP contribution in [-0.2, 0) is 19.3 Å². The van der Waals surface area contributed by atoms with Gasteiger partial charge in [0, 0.05) is 28.9 Å². The van der Waals surface area contributed by atoms with E-state index >= 15 is 0 Å². The van der Waals surface area contributed by atoms with Crippen molar-refractivity contribution < 1.29 is 9.15 Å². The van der Waals surface area contributed by atoms with Gasteiger partial charge in [-0.05, 0) is 164 Å². The van der Waals surface area contributed by atoms with E-state index in [0.717, 1.165) is 66.9 Å². The molecule has 0 saturated heterocycles. The fraction of sp³-hybridized carbons (Fsp3) is 0.208. The minimum Gasteiger partial charge on any atom is -0.481 e. The predicted molar refractivity (Wildman–Crippen MR) is 227 cm³/mol. The first-order valence-corrected chi connectivity index (χ1v) is 20.4. The number of benzene rings is 5. The highest BCUT2D eigenvalue weighted by atomic mass is 16.5. The van der Waals surface area contributed by atoms with Gasteiger partial charge in [-0.15, -0.1) is 0 Å². The molecule has 2 heterocycles. The van der Waals surface area contributed by atoms with Gasteiger partial charge < -0.3 is 9.15 Å². The number of ether oxygens (including phenoxy) is 1. The van der Waals surface area contributed by atoms with Crippen molar-refractivity contribution in [2.45, 2.75) is 62.9 Å². The van der Waals surface area contributed by atoms with Crippen LogP contribution in [-0.4, -0.2) is 6.10 Å². The minimum atomic E-state index is -0.00672. The van der Waals surface area contributed by atoms with Crippen molar-refractivity contribution in [2.24, 2.45) is 5.92 Å². The highest BCUT2D eigenvalue weighted by Gasteiger charge is 2.40. The molecule has 4 atom stereocenters. The molecule has 5 aromatic carbocycles. The van der Waals surface area contributed by atoms with E-state index in [1.807, 2.05) is 0 Å². The van der Waals surface area contributed by atoms with E-state index in [4.69, 9.17) is 9.15 Å². The highest BCUT2D eigenvalue weighted by Crippen LogP contribution is 2.54. The van der Waals surface area contributed by atoms with Crippen molar-refractivity contribution in [1.82, 2.24) is 0 Å². The summed E-state index contributed by atoms with van der Waals surface area (Å²) in [5.74, 6) is 3.63. The van der Waals surface area contributed by atoms with Gasteiger partial charge in [0.15, 0.2) is 11.3 Å². The van der Waals surface area contributed by atoms with Crippen LogP contribution >= 0.6 is 0 Å². The van der Waals surface area contributed by atoms with Gasteiger partial charge >= 0.3 is 0 Å². The van der Waals surface area contributed by atoms with E-state index in [-0.39, 0.29) is 12.0 Å². The average Bonchev–Trinajstić information content (AvgIpc) is 3.83. The van der Waals surface area contributed by atoms with Crippen LogP contribution in [0.4, 0.5) is 0 Å². The zero-order valence-corrected chi connectivity index (χ0v) is 30.8. The summed E-state index contributed by atoms with van der Waals surface area (Å²) in [6, 6.07) is 28.1. The van der Waals surface area contributed by atoms with Crippen LogP contribution < -0.4 is 4.74 Å². The molecule has 6 aromatic rings. The summed E-state index contributed by atoms with van der Waals surface area (Å²) in [5, 5.41) is 3.72. The molecule has 1 aliphatic heterocycles. The summed E-state index contributed by atoms with van der Waals surface area (Å²) in [4.78, 5) is 0. The molecule has 0 spiro atoms. The fourth-order valence-corrected chi connectivity index (χ4v) is 10.7. The summed E-state index contributed by atoms with van der Waals surface area (Å²) in [7, 11) is 0. The summed E-state index contributed by atoms with van der Waals surface area (Å²) in [6.45, 7) is 0. The molecule has 0 amide bonds. The molecule has 264 valence electrons. The molecular formula is C53H40O2. The Morgan fingerprint density at radius 2 is 1.49 bits per heavy atom. The molecular weight excluding hydrogens is 669 g/mol. The van der Waals surface area contributed by atoms with E-state index < -0.39 is 0 Å². The third kappa shape index (κ3) is 4.61. The number of furan rings is 1. The third-order valence-corrected chi connectivity index (χ3v) is 13.7. The Kier molecular flexibility index (Phi) is 6.28. The number of aryl methyl sites for hydroxylation is 1.